The number of nitrogens with one attached hydrogen (secondary N) is 2. The van der Waals surface area contributed by atoms with Gasteiger partial charge in [-0.05, 0) is 69.0 Å². The molecule has 2 aliphatic rings. The zero-order valence-corrected chi connectivity index (χ0v) is 17.2. The minimum absolute atomic E-state index is 0.0999. The Morgan fingerprint density at radius 3 is 2.79 bits per heavy atom. The van der Waals surface area contributed by atoms with Gasteiger partial charge in [0, 0.05) is 18.2 Å². The Balaban J connectivity index is 1.40. The summed E-state index contributed by atoms with van der Waals surface area (Å²) in [6.45, 7) is 3.15. The fourth-order valence-corrected chi connectivity index (χ4v) is 4.72. The molecule has 0 radical (unpaired) electrons. The lowest BCUT2D eigenvalue weighted by Crippen LogP contribution is -2.51. The Morgan fingerprint density at radius 1 is 1.14 bits per heavy atom. The highest BCUT2D eigenvalue weighted by molar-refractivity contribution is 5.93. The highest BCUT2D eigenvalue weighted by atomic mass is 16.5. The third-order valence-electron chi connectivity index (χ3n) is 6.26. The van der Waals surface area contributed by atoms with Crippen LogP contribution in [-0.4, -0.2) is 60.9 Å². The number of hydrogen-bond acceptors (Lipinski definition) is 5. The number of H-pyrrole nitrogens is 1. The van der Waals surface area contributed by atoms with Crippen LogP contribution in [0.15, 0.2) is 24.3 Å². The molecule has 7 nitrogen and oxygen atoms in total. The van der Waals surface area contributed by atoms with E-state index in [1.54, 1.807) is 20.3 Å². The first-order valence-electron chi connectivity index (χ1n) is 10.5. The number of aromatic amines is 1. The molecule has 1 amide bonds. The van der Waals surface area contributed by atoms with Crippen LogP contribution in [-0.2, 0) is 0 Å². The molecule has 29 heavy (non-hydrogen) atoms. The van der Waals surface area contributed by atoms with Crippen LogP contribution in [0.25, 0.3) is 11.3 Å². The van der Waals surface area contributed by atoms with Crippen molar-refractivity contribution in [2.24, 2.45) is 5.92 Å². The van der Waals surface area contributed by atoms with Gasteiger partial charge < -0.3 is 19.7 Å². The van der Waals surface area contributed by atoms with Crippen LogP contribution in [0.4, 0.5) is 0 Å². The summed E-state index contributed by atoms with van der Waals surface area (Å²) in [5.74, 6) is 1.74. The molecule has 0 unspecified atom stereocenters. The molecule has 2 atom stereocenters. The van der Waals surface area contributed by atoms with Crippen molar-refractivity contribution >= 4 is 5.91 Å². The third kappa shape index (κ3) is 4.24. The van der Waals surface area contributed by atoms with E-state index in [1.807, 2.05) is 18.2 Å². The highest BCUT2D eigenvalue weighted by Gasteiger charge is 2.33. The van der Waals surface area contributed by atoms with Crippen LogP contribution in [0.1, 0.15) is 42.6 Å². The maximum atomic E-state index is 12.7. The normalized spacial score (nSPS) is 22.0. The summed E-state index contributed by atoms with van der Waals surface area (Å²) in [7, 11) is 3.21. The molecule has 156 valence electrons. The molecule has 0 aliphatic carbocycles. The van der Waals surface area contributed by atoms with Gasteiger partial charge in [0.2, 0.25) is 0 Å². The second kappa shape index (κ2) is 8.86. The molecule has 1 aromatic carbocycles. The molecule has 0 bridgehead atoms. The predicted molar refractivity (Wildman–Crippen MR) is 111 cm³/mol. The molecule has 2 fully saturated rings. The van der Waals surface area contributed by atoms with Crippen molar-refractivity contribution in [1.29, 1.82) is 0 Å². The van der Waals surface area contributed by atoms with Gasteiger partial charge >= 0.3 is 0 Å². The number of fused-ring (bicyclic) bond motifs is 1. The average Bonchev–Trinajstić information content (AvgIpc) is 3.27. The van der Waals surface area contributed by atoms with Gasteiger partial charge in [-0.25, -0.2) is 0 Å². The minimum Gasteiger partial charge on any atom is -0.493 e. The summed E-state index contributed by atoms with van der Waals surface area (Å²) in [5.41, 5.74) is 2.04. The van der Waals surface area contributed by atoms with E-state index in [-0.39, 0.29) is 5.91 Å². The van der Waals surface area contributed by atoms with E-state index in [0.717, 1.165) is 12.1 Å². The second-order valence-electron chi connectivity index (χ2n) is 7.95. The first-order chi connectivity index (χ1) is 14.2. The van der Waals surface area contributed by atoms with Crippen molar-refractivity contribution in [2.45, 2.75) is 38.1 Å². The summed E-state index contributed by atoms with van der Waals surface area (Å²) in [4.78, 5) is 15.3. The minimum atomic E-state index is -0.0999. The Labute approximate surface area is 171 Å². The first kappa shape index (κ1) is 19.8. The lowest BCUT2D eigenvalue weighted by Gasteiger charge is -2.44. The number of carbonyl (C=O) groups is 1. The molecule has 7 heteroatoms. The standard InChI is InChI=1S/C22H30N4O3/c1-28-20-9-8-15(12-21(20)29-2)17-13-18(25-24-17)22(27)23-14-16-6-5-11-26-10-4-3-7-19(16)26/h8-9,12-13,16,19H,3-7,10-11,14H2,1-2H3,(H,23,27)(H,24,25)/t16-,19+/m0/s1. The quantitative estimate of drug-likeness (QED) is 0.782. The molecule has 1 aromatic heterocycles. The Morgan fingerprint density at radius 2 is 1.97 bits per heavy atom. The zero-order valence-electron chi connectivity index (χ0n) is 17.2. The van der Waals surface area contributed by atoms with Crippen LogP contribution in [0, 0.1) is 5.92 Å². The lowest BCUT2D eigenvalue weighted by atomic mass is 9.83. The van der Waals surface area contributed by atoms with Crippen LogP contribution >= 0.6 is 0 Å². The van der Waals surface area contributed by atoms with Gasteiger partial charge in [0.1, 0.15) is 5.69 Å². The number of methoxy groups -OCH3 is 2. The van der Waals surface area contributed by atoms with Gasteiger partial charge in [-0.3, -0.25) is 9.89 Å². The number of benzene rings is 1. The topological polar surface area (TPSA) is 79.5 Å². The molecule has 4 rings (SSSR count). The molecule has 3 heterocycles. The summed E-state index contributed by atoms with van der Waals surface area (Å²) in [6.07, 6.45) is 6.30. The number of nitrogens with zero attached hydrogens (tertiary/aromatic N) is 2. The van der Waals surface area contributed by atoms with Crippen molar-refractivity contribution in [1.82, 2.24) is 20.4 Å². The summed E-state index contributed by atoms with van der Waals surface area (Å²) < 4.78 is 10.6. The molecule has 0 spiro atoms. The fourth-order valence-electron chi connectivity index (χ4n) is 4.72. The molecular formula is C22H30N4O3. The van der Waals surface area contributed by atoms with E-state index in [4.69, 9.17) is 9.47 Å². The third-order valence-corrected chi connectivity index (χ3v) is 6.26. The van der Waals surface area contributed by atoms with Crippen LogP contribution < -0.4 is 14.8 Å². The Kier molecular flexibility index (Phi) is 6.04. The number of amides is 1. The summed E-state index contributed by atoms with van der Waals surface area (Å²) in [5, 5.41) is 10.3. The highest BCUT2D eigenvalue weighted by Crippen LogP contribution is 2.32. The van der Waals surface area contributed by atoms with Crippen LogP contribution in [0.5, 0.6) is 11.5 Å². The summed E-state index contributed by atoms with van der Waals surface area (Å²) >= 11 is 0. The van der Waals surface area contributed by atoms with Crippen LogP contribution in [0.2, 0.25) is 0 Å². The van der Waals surface area contributed by atoms with E-state index in [1.165, 1.54) is 45.2 Å². The van der Waals surface area contributed by atoms with Gasteiger partial charge in [-0.1, -0.05) is 6.42 Å². The molecule has 2 N–H and O–H groups in total. The van der Waals surface area contributed by atoms with Crippen molar-refractivity contribution in [3.05, 3.63) is 30.0 Å². The first-order valence-corrected chi connectivity index (χ1v) is 10.5. The number of carbonyl (C=O) groups excluding carboxylic acids is 1. The SMILES string of the molecule is COc1ccc(-c2cc(C(=O)NC[C@@H]3CCCN4CCCC[C@H]34)[nH]n2)cc1OC. The number of ether oxygens (including phenoxy) is 2. The fraction of sp³-hybridized carbons (Fsp3) is 0.545. The van der Waals surface area contributed by atoms with Crippen molar-refractivity contribution in [3.63, 3.8) is 0 Å². The molecule has 2 aromatic rings. The maximum Gasteiger partial charge on any atom is 0.269 e. The number of aromatic nitrogens is 2. The molecule has 0 saturated carbocycles. The summed E-state index contributed by atoms with van der Waals surface area (Å²) in [6, 6.07) is 8.00. The molecule has 2 aliphatic heterocycles. The lowest BCUT2D eigenvalue weighted by molar-refractivity contribution is 0.0575. The van der Waals surface area contributed by atoms with E-state index in [0.29, 0.717) is 34.8 Å². The smallest absolute Gasteiger partial charge is 0.269 e. The number of hydrogen-bond donors (Lipinski definition) is 2. The number of piperidine rings is 2. The van der Waals surface area contributed by atoms with Gasteiger partial charge in [0.25, 0.3) is 5.91 Å². The molecular weight excluding hydrogens is 368 g/mol. The Hall–Kier alpha value is -2.54. The van der Waals surface area contributed by atoms with E-state index >= 15 is 0 Å². The van der Waals surface area contributed by atoms with Crippen molar-refractivity contribution < 1.29 is 14.3 Å². The van der Waals surface area contributed by atoms with E-state index < -0.39 is 0 Å². The monoisotopic (exact) mass is 398 g/mol. The van der Waals surface area contributed by atoms with Crippen molar-refractivity contribution in [3.8, 4) is 22.8 Å². The van der Waals surface area contributed by atoms with Crippen molar-refractivity contribution in [2.75, 3.05) is 33.9 Å². The maximum absolute atomic E-state index is 12.7. The van der Waals surface area contributed by atoms with Gasteiger partial charge in [-0.15, -0.1) is 0 Å². The van der Waals surface area contributed by atoms with Gasteiger partial charge in [-0.2, -0.15) is 5.10 Å². The van der Waals surface area contributed by atoms with Crippen LogP contribution in [0.3, 0.4) is 0 Å². The van der Waals surface area contributed by atoms with E-state index in [9.17, 15) is 4.79 Å². The van der Waals surface area contributed by atoms with E-state index in [2.05, 4.69) is 20.4 Å². The predicted octanol–water partition coefficient (Wildman–Crippen LogP) is 3.09. The van der Waals surface area contributed by atoms with Gasteiger partial charge in [0.05, 0.1) is 19.9 Å². The number of rotatable bonds is 6. The molecule has 2 saturated heterocycles. The second-order valence-corrected chi connectivity index (χ2v) is 7.95. The zero-order chi connectivity index (χ0) is 20.2. The van der Waals surface area contributed by atoms with Gasteiger partial charge in [0.15, 0.2) is 11.5 Å². The largest absolute Gasteiger partial charge is 0.493 e. The average molecular weight is 399 g/mol. The Bertz CT molecular complexity index is 848.